The molecule has 4 heteroatoms. The number of pyridine rings is 1. The number of para-hydroxylation sites is 2. The van der Waals surface area contributed by atoms with Gasteiger partial charge in [-0.05, 0) is 48.2 Å². The summed E-state index contributed by atoms with van der Waals surface area (Å²) in [5, 5.41) is 4.48. The van der Waals surface area contributed by atoms with Crippen molar-refractivity contribution in [3.8, 4) is 5.69 Å². The lowest BCUT2D eigenvalue weighted by Gasteiger charge is -2.14. The average molecular weight is 377 g/mol. The van der Waals surface area contributed by atoms with E-state index in [0.717, 1.165) is 27.3 Å². The molecule has 138 valence electrons. The van der Waals surface area contributed by atoms with E-state index in [1.807, 2.05) is 67.6 Å². The number of benzene rings is 4. The maximum Gasteiger partial charge on any atom is 0.265 e. The molecule has 0 atom stereocenters. The molecule has 0 N–H and O–H groups in total. The van der Waals surface area contributed by atoms with Crippen LogP contribution in [0.2, 0.25) is 0 Å². The van der Waals surface area contributed by atoms with E-state index in [-0.39, 0.29) is 11.1 Å². The highest BCUT2D eigenvalue weighted by molar-refractivity contribution is 6.26. The van der Waals surface area contributed by atoms with Gasteiger partial charge in [-0.3, -0.25) is 9.59 Å². The smallest absolute Gasteiger partial charge is 0.265 e. The molecule has 2 aromatic heterocycles. The molecule has 4 aromatic carbocycles. The van der Waals surface area contributed by atoms with E-state index in [1.165, 1.54) is 4.57 Å². The van der Waals surface area contributed by atoms with Gasteiger partial charge in [-0.25, -0.2) is 4.57 Å². The molecule has 0 unspecified atom stereocenters. The Kier molecular flexibility index (Phi) is 3.08. The Morgan fingerprint density at radius 3 is 2.07 bits per heavy atom. The van der Waals surface area contributed by atoms with Crippen LogP contribution < -0.4 is 11.1 Å². The second kappa shape index (κ2) is 5.55. The van der Waals surface area contributed by atoms with Crippen molar-refractivity contribution >= 4 is 43.5 Å². The quantitative estimate of drug-likeness (QED) is 0.294. The van der Waals surface area contributed by atoms with E-state index in [9.17, 15) is 9.59 Å². The Bertz CT molecular complexity index is 1670. The second-order valence-corrected chi connectivity index (χ2v) is 7.35. The minimum absolute atomic E-state index is 0.306. The minimum atomic E-state index is -0.306. The van der Waals surface area contributed by atoms with Crippen LogP contribution in [0.4, 0.5) is 0 Å². The van der Waals surface area contributed by atoms with Crippen LogP contribution in [0.1, 0.15) is 5.56 Å². The van der Waals surface area contributed by atoms with Crippen LogP contribution in [0.15, 0.2) is 86.8 Å². The third-order valence-corrected chi connectivity index (χ3v) is 5.74. The van der Waals surface area contributed by atoms with Gasteiger partial charge in [-0.1, -0.05) is 42.5 Å². The average Bonchev–Trinajstić information content (AvgIpc) is 2.74. The van der Waals surface area contributed by atoms with Gasteiger partial charge >= 0.3 is 0 Å². The molecule has 0 bridgehead atoms. The molecule has 0 radical (unpaired) electrons. The van der Waals surface area contributed by atoms with Crippen molar-refractivity contribution < 1.29 is 4.42 Å². The van der Waals surface area contributed by atoms with Gasteiger partial charge in [0.1, 0.15) is 11.2 Å². The Balaban J connectivity index is 1.89. The molecule has 0 aliphatic carbocycles. The molecule has 0 amide bonds. The Morgan fingerprint density at radius 1 is 0.621 bits per heavy atom. The van der Waals surface area contributed by atoms with Gasteiger partial charge in [0.2, 0.25) is 0 Å². The van der Waals surface area contributed by atoms with E-state index in [4.69, 9.17) is 4.42 Å². The number of hydrogen-bond acceptors (Lipinski definition) is 3. The molecular formula is C25H15NO3. The van der Waals surface area contributed by atoms with Crippen molar-refractivity contribution in [1.29, 1.82) is 0 Å². The second-order valence-electron chi connectivity index (χ2n) is 7.35. The first-order valence-electron chi connectivity index (χ1n) is 9.46. The number of hydrogen-bond donors (Lipinski definition) is 0. The predicted molar refractivity (Wildman–Crippen MR) is 117 cm³/mol. The lowest BCUT2D eigenvalue weighted by Crippen LogP contribution is -2.32. The monoisotopic (exact) mass is 377 g/mol. The summed E-state index contributed by atoms with van der Waals surface area (Å²) < 4.78 is 7.38. The van der Waals surface area contributed by atoms with E-state index in [0.29, 0.717) is 27.4 Å². The molecule has 0 aliphatic heterocycles. The maximum absolute atomic E-state index is 13.4. The van der Waals surface area contributed by atoms with Crippen LogP contribution in [0.5, 0.6) is 0 Å². The first-order chi connectivity index (χ1) is 14.1. The lowest BCUT2D eigenvalue weighted by atomic mass is 9.96. The number of aromatic nitrogens is 1. The number of aryl methyl sites for hydroxylation is 1. The summed E-state index contributed by atoms with van der Waals surface area (Å²) in [6.45, 7) is 1.90. The first-order valence-corrected chi connectivity index (χ1v) is 9.46. The summed E-state index contributed by atoms with van der Waals surface area (Å²) in [7, 11) is 0. The third kappa shape index (κ3) is 2.03. The number of fused-ring (bicyclic) bond motifs is 2. The van der Waals surface area contributed by atoms with Gasteiger partial charge in [0.25, 0.3) is 11.1 Å². The Labute approximate surface area is 164 Å². The minimum Gasteiger partial charge on any atom is -0.456 e. The van der Waals surface area contributed by atoms with Crippen molar-refractivity contribution in [2.45, 2.75) is 6.92 Å². The zero-order valence-electron chi connectivity index (χ0n) is 15.6. The number of nitrogens with zero attached hydrogens (tertiary/aromatic N) is 1. The predicted octanol–water partition coefficient (Wildman–Crippen LogP) is 5.15. The fourth-order valence-corrected chi connectivity index (χ4v) is 4.39. The highest BCUT2D eigenvalue weighted by atomic mass is 16.3. The standard InChI is InChI=1S/C25H15NO3/c1-14-6-2-4-8-19(14)26-24(27)17-11-10-16-15-7-3-5-9-20(15)29-21-13-12-18(25(26)28)22(17)23(16)21/h2-13H,1H3. The summed E-state index contributed by atoms with van der Waals surface area (Å²) in [6.07, 6.45) is 0. The highest BCUT2D eigenvalue weighted by Gasteiger charge is 2.19. The van der Waals surface area contributed by atoms with Gasteiger partial charge in [0, 0.05) is 26.9 Å². The van der Waals surface area contributed by atoms with Crippen molar-refractivity contribution in [2.24, 2.45) is 0 Å². The Morgan fingerprint density at radius 2 is 1.28 bits per heavy atom. The van der Waals surface area contributed by atoms with E-state index in [1.54, 1.807) is 12.1 Å². The van der Waals surface area contributed by atoms with Crippen LogP contribution in [-0.4, -0.2) is 4.57 Å². The molecule has 6 aromatic rings. The lowest BCUT2D eigenvalue weighted by molar-refractivity contribution is 0.662. The topological polar surface area (TPSA) is 52.2 Å². The molecule has 4 nitrogen and oxygen atoms in total. The molecule has 0 aliphatic rings. The summed E-state index contributed by atoms with van der Waals surface area (Å²) in [6, 6.07) is 22.6. The molecule has 2 heterocycles. The third-order valence-electron chi connectivity index (χ3n) is 5.74. The van der Waals surface area contributed by atoms with Crippen LogP contribution in [0.3, 0.4) is 0 Å². The van der Waals surface area contributed by atoms with Gasteiger partial charge in [0.15, 0.2) is 0 Å². The van der Waals surface area contributed by atoms with E-state index < -0.39 is 0 Å². The van der Waals surface area contributed by atoms with Crippen LogP contribution in [0.25, 0.3) is 49.2 Å². The van der Waals surface area contributed by atoms with Crippen LogP contribution in [0, 0.1) is 6.92 Å². The fourth-order valence-electron chi connectivity index (χ4n) is 4.39. The van der Waals surface area contributed by atoms with Crippen LogP contribution >= 0.6 is 0 Å². The fraction of sp³-hybridized carbons (Fsp3) is 0.0400. The molecular weight excluding hydrogens is 362 g/mol. The normalized spacial score (nSPS) is 11.9. The molecule has 0 saturated heterocycles. The maximum atomic E-state index is 13.4. The van der Waals surface area contributed by atoms with Crippen molar-refractivity contribution in [2.75, 3.05) is 0 Å². The zero-order valence-corrected chi connectivity index (χ0v) is 15.6. The largest absolute Gasteiger partial charge is 0.456 e. The van der Waals surface area contributed by atoms with E-state index >= 15 is 0 Å². The van der Waals surface area contributed by atoms with Gasteiger partial charge in [0.05, 0.1) is 5.69 Å². The Hall–Kier alpha value is -3.92. The summed E-state index contributed by atoms with van der Waals surface area (Å²) in [5.74, 6) is 0. The van der Waals surface area contributed by atoms with Crippen LogP contribution in [-0.2, 0) is 0 Å². The van der Waals surface area contributed by atoms with Gasteiger partial charge < -0.3 is 4.42 Å². The highest BCUT2D eigenvalue weighted by Crippen LogP contribution is 2.36. The molecule has 29 heavy (non-hydrogen) atoms. The number of rotatable bonds is 1. The van der Waals surface area contributed by atoms with Crippen molar-refractivity contribution in [1.82, 2.24) is 4.57 Å². The zero-order chi connectivity index (χ0) is 19.7. The van der Waals surface area contributed by atoms with E-state index in [2.05, 4.69) is 0 Å². The van der Waals surface area contributed by atoms with Crippen molar-refractivity contribution in [3.05, 3.63) is 99.1 Å². The van der Waals surface area contributed by atoms with Gasteiger partial charge in [-0.2, -0.15) is 0 Å². The van der Waals surface area contributed by atoms with Crippen molar-refractivity contribution in [3.63, 3.8) is 0 Å². The molecule has 0 spiro atoms. The molecule has 6 rings (SSSR count). The molecule has 0 fully saturated rings. The summed E-state index contributed by atoms with van der Waals surface area (Å²) in [5.41, 5.74) is 2.32. The summed E-state index contributed by atoms with van der Waals surface area (Å²) in [4.78, 5) is 26.8. The first kappa shape index (κ1) is 16.1. The summed E-state index contributed by atoms with van der Waals surface area (Å²) >= 11 is 0. The van der Waals surface area contributed by atoms with Gasteiger partial charge in [-0.15, -0.1) is 0 Å². The molecule has 0 saturated carbocycles. The SMILES string of the molecule is Cc1ccccc1-n1c(=O)c2ccc3oc4ccccc4c4ccc(c1=O)c2c34.